The molecule has 1 N–H and O–H groups in total. The molecule has 5 nitrogen and oxygen atoms in total. The molecule has 2 fully saturated rings. The summed E-state index contributed by atoms with van der Waals surface area (Å²) in [7, 11) is 1.68. The zero-order valence-electron chi connectivity index (χ0n) is 13.2. The van der Waals surface area contributed by atoms with E-state index < -0.39 is 11.9 Å². The van der Waals surface area contributed by atoms with Gasteiger partial charge in [-0.25, -0.2) is 4.98 Å². The van der Waals surface area contributed by atoms with Crippen molar-refractivity contribution in [2.75, 3.05) is 33.4 Å². The number of halogens is 4. The molecule has 2 aliphatic rings. The first-order valence-electron chi connectivity index (χ1n) is 7.47. The van der Waals surface area contributed by atoms with Gasteiger partial charge in [-0.1, -0.05) is 0 Å². The molecule has 0 saturated carbocycles. The Balaban J connectivity index is 0.00000208. The Kier molecular flexibility index (Phi) is 6.35. The molecular weight excluding hydrogens is 456 g/mol. The van der Waals surface area contributed by atoms with E-state index in [4.69, 9.17) is 4.74 Å². The van der Waals surface area contributed by atoms with Crippen LogP contribution in [0.5, 0.6) is 0 Å². The zero-order valence-corrected chi connectivity index (χ0v) is 16.4. The minimum absolute atomic E-state index is 0. The number of hydrogen-bond donors (Lipinski definition) is 1. The minimum atomic E-state index is -4.39. The Morgan fingerprint density at radius 1 is 1.50 bits per heavy atom. The van der Waals surface area contributed by atoms with Gasteiger partial charge in [0.15, 0.2) is 11.7 Å². The third-order valence-electron chi connectivity index (χ3n) is 4.37. The number of nitrogens with one attached hydrogen (secondary N) is 1. The summed E-state index contributed by atoms with van der Waals surface area (Å²) in [4.78, 5) is 10.0. The number of guanidine groups is 1. The van der Waals surface area contributed by atoms with Crippen LogP contribution in [0.4, 0.5) is 13.2 Å². The molecule has 10 heteroatoms. The highest BCUT2D eigenvalue weighted by molar-refractivity contribution is 14.0. The van der Waals surface area contributed by atoms with Crippen LogP contribution in [0.25, 0.3) is 0 Å². The SMILES string of the molecule is CN=C(NCc1nc(C(F)(F)F)cs1)N1CCC2(CCOC2)C1.I. The van der Waals surface area contributed by atoms with Gasteiger partial charge in [-0.2, -0.15) is 13.2 Å². The summed E-state index contributed by atoms with van der Waals surface area (Å²) in [6.07, 6.45) is -2.27. The summed E-state index contributed by atoms with van der Waals surface area (Å²) in [6, 6.07) is 0. The highest BCUT2D eigenvalue weighted by Gasteiger charge is 2.42. The zero-order chi connectivity index (χ0) is 16.5. The molecule has 0 aromatic carbocycles. The van der Waals surface area contributed by atoms with Crippen LogP contribution in [0, 0.1) is 5.41 Å². The van der Waals surface area contributed by atoms with Crippen molar-refractivity contribution < 1.29 is 17.9 Å². The lowest BCUT2D eigenvalue weighted by Gasteiger charge is -2.24. The van der Waals surface area contributed by atoms with E-state index in [1.807, 2.05) is 0 Å². The molecule has 2 saturated heterocycles. The summed E-state index contributed by atoms with van der Waals surface area (Å²) in [6.45, 7) is 3.58. The number of nitrogens with zero attached hydrogens (tertiary/aromatic N) is 3. The molecule has 24 heavy (non-hydrogen) atoms. The summed E-state index contributed by atoms with van der Waals surface area (Å²) < 4.78 is 43.2. The van der Waals surface area contributed by atoms with Crippen LogP contribution in [-0.2, 0) is 17.5 Å². The highest BCUT2D eigenvalue weighted by atomic mass is 127. The molecule has 0 aliphatic carbocycles. The van der Waals surface area contributed by atoms with Crippen LogP contribution < -0.4 is 5.32 Å². The monoisotopic (exact) mass is 476 g/mol. The largest absolute Gasteiger partial charge is 0.434 e. The molecule has 3 rings (SSSR count). The van der Waals surface area contributed by atoms with Gasteiger partial charge >= 0.3 is 6.18 Å². The lowest BCUT2D eigenvalue weighted by Crippen LogP contribution is -2.41. The number of likely N-dealkylation sites (tertiary alicyclic amines) is 1. The van der Waals surface area contributed by atoms with E-state index in [9.17, 15) is 13.2 Å². The first kappa shape index (κ1) is 19.7. The van der Waals surface area contributed by atoms with Crippen LogP contribution in [0.15, 0.2) is 10.4 Å². The van der Waals surface area contributed by atoms with Crippen molar-refractivity contribution in [1.29, 1.82) is 0 Å². The minimum Gasteiger partial charge on any atom is -0.381 e. The maximum absolute atomic E-state index is 12.6. The Morgan fingerprint density at radius 3 is 2.88 bits per heavy atom. The Morgan fingerprint density at radius 2 is 2.29 bits per heavy atom. The Bertz CT molecular complexity index is 587. The lowest BCUT2D eigenvalue weighted by atomic mass is 9.87. The van der Waals surface area contributed by atoms with Gasteiger partial charge in [-0.3, -0.25) is 4.99 Å². The molecular formula is C14H20F3IN4OS. The second-order valence-corrected chi connectivity index (χ2v) is 6.94. The maximum Gasteiger partial charge on any atom is 0.434 e. The van der Waals surface area contributed by atoms with E-state index in [1.165, 1.54) is 0 Å². The second kappa shape index (κ2) is 7.73. The summed E-state index contributed by atoms with van der Waals surface area (Å²) in [5, 5.41) is 4.56. The van der Waals surface area contributed by atoms with Gasteiger partial charge < -0.3 is 15.0 Å². The lowest BCUT2D eigenvalue weighted by molar-refractivity contribution is -0.140. The van der Waals surface area contributed by atoms with Gasteiger partial charge in [0.1, 0.15) is 5.01 Å². The Labute approximate surface area is 159 Å². The number of ether oxygens (including phenoxy) is 1. The van der Waals surface area contributed by atoms with Crippen molar-refractivity contribution in [3.63, 3.8) is 0 Å². The molecule has 136 valence electrons. The van der Waals surface area contributed by atoms with Crippen molar-refractivity contribution >= 4 is 41.3 Å². The van der Waals surface area contributed by atoms with Crippen LogP contribution in [0.1, 0.15) is 23.5 Å². The molecule has 1 aromatic heterocycles. The van der Waals surface area contributed by atoms with E-state index in [1.54, 1.807) is 7.05 Å². The topological polar surface area (TPSA) is 49.8 Å². The molecule has 3 heterocycles. The molecule has 1 spiro atoms. The van der Waals surface area contributed by atoms with Crippen molar-refractivity contribution in [3.8, 4) is 0 Å². The van der Waals surface area contributed by atoms with E-state index in [-0.39, 0.29) is 35.9 Å². The number of alkyl halides is 3. The first-order valence-corrected chi connectivity index (χ1v) is 8.35. The van der Waals surface area contributed by atoms with Crippen molar-refractivity contribution in [3.05, 3.63) is 16.1 Å². The van der Waals surface area contributed by atoms with E-state index in [0.717, 1.165) is 55.9 Å². The van der Waals surface area contributed by atoms with Gasteiger partial charge in [-0.05, 0) is 12.8 Å². The third-order valence-corrected chi connectivity index (χ3v) is 5.22. The predicted octanol–water partition coefficient (Wildman–Crippen LogP) is 2.97. The van der Waals surface area contributed by atoms with E-state index in [2.05, 4.69) is 20.2 Å². The fourth-order valence-corrected chi connectivity index (χ4v) is 3.84. The molecule has 0 radical (unpaired) electrons. The van der Waals surface area contributed by atoms with Gasteiger partial charge in [0, 0.05) is 37.5 Å². The number of hydrogen-bond acceptors (Lipinski definition) is 4. The third kappa shape index (κ3) is 4.31. The highest BCUT2D eigenvalue weighted by Crippen LogP contribution is 2.38. The van der Waals surface area contributed by atoms with Crippen LogP contribution in [-0.4, -0.2) is 49.2 Å². The van der Waals surface area contributed by atoms with Crippen molar-refractivity contribution in [2.24, 2.45) is 10.4 Å². The molecule has 1 aromatic rings. The molecule has 2 aliphatic heterocycles. The number of aliphatic imine (C=N–C) groups is 1. The van der Waals surface area contributed by atoms with Gasteiger partial charge in [0.05, 0.1) is 13.2 Å². The normalized spacial score (nSPS) is 24.5. The average Bonchev–Trinajstić information content (AvgIpc) is 3.22. The smallest absolute Gasteiger partial charge is 0.381 e. The quantitative estimate of drug-likeness (QED) is 0.405. The number of thiazole rings is 1. The molecule has 1 unspecified atom stereocenters. The van der Waals surface area contributed by atoms with E-state index >= 15 is 0 Å². The number of aromatic nitrogens is 1. The molecule has 0 amide bonds. The van der Waals surface area contributed by atoms with Crippen LogP contribution in [0.2, 0.25) is 0 Å². The van der Waals surface area contributed by atoms with Crippen LogP contribution in [0.3, 0.4) is 0 Å². The first-order chi connectivity index (χ1) is 10.9. The number of rotatable bonds is 2. The molecule has 1 atom stereocenters. The summed E-state index contributed by atoms with van der Waals surface area (Å²) >= 11 is 1.00. The Hall–Kier alpha value is -0.620. The predicted molar refractivity (Wildman–Crippen MR) is 96.8 cm³/mol. The standard InChI is InChI=1S/C14H19F3N4OS.HI/c1-18-12(21-4-2-13(8-21)3-5-22-9-13)19-6-11-20-10(7-23-11)14(15,16)17;/h7H,2-6,8-9H2,1H3,(H,18,19);1H. The van der Waals surface area contributed by atoms with Crippen molar-refractivity contribution in [1.82, 2.24) is 15.2 Å². The summed E-state index contributed by atoms with van der Waals surface area (Å²) in [5.74, 6) is 0.706. The second-order valence-electron chi connectivity index (χ2n) is 6.00. The van der Waals surface area contributed by atoms with Gasteiger partial charge in [-0.15, -0.1) is 35.3 Å². The summed E-state index contributed by atoms with van der Waals surface area (Å²) in [5.41, 5.74) is -0.625. The van der Waals surface area contributed by atoms with Crippen LogP contribution >= 0.6 is 35.3 Å². The fourth-order valence-electron chi connectivity index (χ4n) is 3.10. The fraction of sp³-hybridized carbons (Fsp3) is 0.714. The average molecular weight is 476 g/mol. The maximum atomic E-state index is 12.6. The molecule has 0 bridgehead atoms. The van der Waals surface area contributed by atoms with Gasteiger partial charge in [0.2, 0.25) is 0 Å². The van der Waals surface area contributed by atoms with Crippen molar-refractivity contribution in [2.45, 2.75) is 25.6 Å². The van der Waals surface area contributed by atoms with E-state index in [0.29, 0.717) is 11.0 Å². The van der Waals surface area contributed by atoms with Gasteiger partial charge in [0.25, 0.3) is 0 Å².